The Labute approximate surface area is 141 Å². The second-order valence-corrected chi connectivity index (χ2v) is 6.31. The van der Waals surface area contributed by atoms with Crippen LogP contribution in [0.4, 0.5) is 10.1 Å². The van der Waals surface area contributed by atoms with Crippen LogP contribution in [0.2, 0.25) is 0 Å². The van der Waals surface area contributed by atoms with Crippen molar-refractivity contribution in [2.24, 2.45) is 0 Å². The number of hydrogen-bond acceptors (Lipinski definition) is 3. The number of amides is 1. The van der Waals surface area contributed by atoms with Crippen molar-refractivity contribution in [2.45, 2.75) is 6.61 Å². The van der Waals surface area contributed by atoms with E-state index < -0.39 is 0 Å². The van der Waals surface area contributed by atoms with E-state index in [4.69, 9.17) is 4.74 Å². The van der Waals surface area contributed by atoms with Gasteiger partial charge in [0.15, 0.2) is 0 Å². The minimum Gasteiger partial charge on any atom is -0.489 e. The van der Waals surface area contributed by atoms with Crippen molar-refractivity contribution in [1.29, 1.82) is 0 Å². The summed E-state index contributed by atoms with van der Waals surface area (Å²) >= 11 is 4.68. The molecule has 0 aromatic heterocycles. The smallest absolute Gasteiger partial charge is 0.234 e. The Morgan fingerprint density at radius 1 is 1.27 bits per heavy atom. The number of ether oxygens (including phenoxy) is 1. The quantitative estimate of drug-likeness (QED) is 0.799. The van der Waals surface area contributed by atoms with E-state index in [1.54, 1.807) is 36.4 Å². The molecule has 2 aromatic rings. The van der Waals surface area contributed by atoms with Crippen LogP contribution in [0.3, 0.4) is 0 Å². The second-order valence-electron chi connectivity index (χ2n) is 4.53. The summed E-state index contributed by atoms with van der Waals surface area (Å²) in [5.74, 6) is 0.680. The van der Waals surface area contributed by atoms with E-state index in [0.29, 0.717) is 27.2 Å². The van der Waals surface area contributed by atoms with Gasteiger partial charge in [-0.15, -0.1) is 0 Å². The SMILES string of the molecule is CSCC(=O)Nc1ccc(OCc2ccc(Br)cc2F)cc1. The van der Waals surface area contributed by atoms with Crippen LogP contribution in [0.5, 0.6) is 5.75 Å². The molecule has 0 radical (unpaired) electrons. The maximum atomic E-state index is 13.7. The summed E-state index contributed by atoms with van der Waals surface area (Å²) in [6, 6.07) is 11.8. The van der Waals surface area contributed by atoms with Crippen molar-refractivity contribution in [3.63, 3.8) is 0 Å². The number of carbonyl (C=O) groups is 1. The van der Waals surface area contributed by atoms with Crippen LogP contribution in [0.1, 0.15) is 5.56 Å². The molecule has 0 aliphatic rings. The minimum absolute atomic E-state index is 0.0434. The number of carbonyl (C=O) groups excluding carboxylic acids is 1. The molecule has 0 heterocycles. The highest BCUT2D eigenvalue weighted by Gasteiger charge is 2.05. The molecule has 2 rings (SSSR count). The fourth-order valence-electron chi connectivity index (χ4n) is 1.76. The summed E-state index contributed by atoms with van der Waals surface area (Å²) in [6.45, 7) is 0.150. The fraction of sp³-hybridized carbons (Fsp3) is 0.188. The molecule has 0 spiro atoms. The van der Waals surface area contributed by atoms with Gasteiger partial charge in [0.1, 0.15) is 18.2 Å². The molecular weight excluding hydrogens is 369 g/mol. The first-order valence-electron chi connectivity index (χ1n) is 6.54. The van der Waals surface area contributed by atoms with Crippen molar-refractivity contribution in [3.8, 4) is 5.75 Å². The number of rotatable bonds is 6. The van der Waals surface area contributed by atoms with Crippen molar-refractivity contribution in [2.75, 3.05) is 17.3 Å². The average molecular weight is 384 g/mol. The van der Waals surface area contributed by atoms with E-state index >= 15 is 0 Å². The third kappa shape index (κ3) is 5.03. The molecule has 3 nitrogen and oxygen atoms in total. The van der Waals surface area contributed by atoms with Crippen LogP contribution in [-0.2, 0) is 11.4 Å². The molecule has 0 saturated carbocycles. The van der Waals surface area contributed by atoms with Gasteiger partial charge in [-0.3, -0.25) is 4.79 Å². The van der Waals surface area contributed by atoms with Gasteiger partial charge in [0.05, 0.1) is 5.75 Å². The van der Waals surface area contributed by atoms with Crippen LogP contribution in [0.15, 0.2) is 46.9 Å². The molecular formula is C16H15BrFNO2S. The van der Waals surface area contributed by atoms with E-state index in [-0.39, 0.29) is 18.3 Å². The number of hydrogen-bond donors (Lipinski definition) is 1. The van der Waals surface area contributed by atoms with Gasteiger partial charge in [-0.2, -0.15) is 11.8 Å². The van der Waals surface area contributed by atoms with E-state index in [1.165, 1.54) is 17.8 Å². The number of nitrogens with one attached hydrogen (secondary N) is 1. The molecule has 0 aliphatic heterocycles. The Morgan fingerprint density at radius 3 is 2.64 bits per heavy atom. The zero-order valence-corrected chi connectivity index (χ0v) is 14.3. The van der Waals surface area contributed by atoms with Crippen LogP contribution in [0.25, 0.3) is 0 Å². The lowest BCUT2D eigenvalue weighted by Crippen LogP contribution is -2.13. The van der Waals surface area contributed by atoms with Crippen LogP contribution >= 0.6 is 27.7 Å². The van der Waals surface area contributed by atoms with Gasteiger partial charge in [0, 0.05) is 15.7 Å². The lowest BCUT2D eigenvalue weighted by atomic mass is 10.2. The molecule has 0 unspecified atom stereocenters. The Bertz CT molecular complexity index is 649. The molecule has 0 atom stereocenters. The first-order valence-corrected chi connectivity index (χ1v) is 8.73. The monoisotopic (exact) mass is 383 g/mol. The summed E-state index contributed by atoms with van der Waals surface area (Å²) in [5, 5.41) is 2.78. The molecule has 0 aliphatic carbocycles. The minimum atomic E-state index is -0.310. The maximum absolute atomic E-state index is 13.7. The van der Waals surface area contributed by atoms with Crippen molar-refractivity contribution in [1.82, 2.24) is 0 Å². The number of halogens is 2. The average Bonchev–Trinajstić information content (AvgIpc) is 2.48. The van der Waals surface area contributed by atoms with Crippen LogP contribution < -0.4 is 10.1 Å². The zero-order valence-electron chi connectivity index (χ0n) is 11.9. The first kappa shape index (κ1) is 16.8. The van der Waals surface area contributed by atoms with E-state index in [9.17, 15) is 9.18 Å². The summed E-state index contributed by atoms with van der Waals surface area (Å²) < 4.78 is 19.9. The van der Waals surface area contributed by atoms with E-state index in [1.807, 2.05) is 6.26 Å². The van der Waals surface area contributed by atoms with Gasteiger partial charge in [-0.1, -0.05) is 22.0 Å². The summed E-state index contributed by atoms with van der Waals surface area (Å²) in [7, 11) is 0. The molecule has 1 N–H and O–H groups in total. The van der Waals surface area contributed by atoms with Gasteiger partial charge >= 0.3 is 0 Å². The number of benzene rings is 2. The molecule has 0 bridgehead atoms. The third-order valence-corrected chi connectivity index (χ3v) is 3.87. The van der Waals surface area contributed by atoms with Crippen LogP contribution in [-0.4, -0.2) is 17.9 Å². The first-order chi connectivity index (χ1) is 10.6. The Balaban J connectivity index is 1.92. The molecule has 6 heteroatoms. The molecule has 116 valence electrons. The molecule has 0 saturated heterocycles. The Kier molecular flexibility index (Phi) is 6.27. The highest BCUT2D eigenvalue weighted by atomic mass is 79.9. The van der Waals surface area contributed by atoms with E-state index in [2.05, 4.69) is 21.2 Å². The predicted molar refractivity (Wildman–Crippen MR) is 91.9 cm³/mol. The normalized spacial score (nSPS) is 10.3. The summed E-state index contributed by atoms with van der Waals surface area (Å²) in [4.78, 5) is 11.5. The topological polar surface area (TPSA) is 38.3 Å². The van der Waals surface area contributed by atoms with Gasteiger partial charge in [-0.25, -0.2) is 4.39 Å². The second kappa shape index (κ2) is 8.19. The third-order valence-electron chi connectivity index (χ3n) is 2.82. The lowest BCUT2D eigenvalue weighted by Gasteiger charge is -2.09. The summed E-state index contributed by atoms with van der Waals surface area (Å²) in [5.41, 5.74) is 1.20. The maximum Gasteiger partial charge on any atom is 0.234 e. The Hall–Kier alpha value is -1.53. The summed E-state index contributed by atoms with van der Waals surface area (Å²) in [6.07, 6.45) is 1.87. The zero-order chi connectivity index (χ0) is 15.9. The lowest BCUT2D eigenvalue weighted by molar-refractivity contribution is -0.113. The molecule has 1 amide bonds. The largest absolute Gasteiger partial charge is 0.489 e. The number of thioether (sulfide) groups is 1. The fourth-order valence-corrected chi connectivity index (χ4v) is 2.43. The Morgan fingerprint density at radius 2 is 2.00 bits per heavy atom. The van der Waals surface area contributed by atoms with Crippen molar-refractivity contribution < 1.29 is 13.9 Å². The highest BCUT2D eigenvalue weighted by Crippen LogP contribution is 2.20. The molecule has 2 aromatic carbocycles. The van der Waals surface area contributed by atoms with Crippen molar-refractivity contribution >= 4 is 39.3 Å². The molecule has 0 fully saturated rings. The predicted octanol–water partition coefficient (Wildman–Crippen LogP) is 4.47. The van der Waals surface area contributed by atoms with E-state index in [0.717, 1.165) is 0 Å². The van der Waals surface area contributed by atoms with Gasteiger partial charge in [-0.05, 0) is 42.7 Å². The van der Waals surface area contributed by atoms with Crippen LogP contribution in [0, 0.1) is 5.82 Å². The highest BCUT2D eigenvalue weighted by molar-refractivity contribution is 9.10. The molecule has 22 heavy (non-hydrogen) atoms. The van der Waals surface area contributed by atoms with Gasteiger partial charge in [0.2, 0.25) is 5.91 Å². The number of anilines is 1. The van der Waals surface area contributed by atoms with Gasteiger partial charge in [0.25, 0.3) is 0 Å². The van der Waals surface area contributed by atoms with Crippen molar-refractivity contribution in [3.05, 3.63) is 58.3 Å². The standard InChI is InChI=1S/C16H15BrFNO2S/c1-22-10-16(20)19-13-4-6-14(7-5-13)21-9-11-2-3-12(17)8-15(11)18/h2-8H,9-10H2,1H3,(H,19,20). The van der Waals surface area contributed by atoms with Gasteiger partial charge < -0.3 is 10.1 Å².